The number of carbonyl (C=O) groups excluding carboxylic acids is 1. The van der Waals surface area contributed by atoms with Gasteiger partial charge in [0.2, 0.25) is 5.91 Å². The lowest BCUT2D eigenvalue weighted by Crippen LogP contribution is -2.14. The van der Waals surface area contributed by atoms with Crippen molar-refractivity contribution in [1.29, 1.82) is 0 Å². The predicted octanol–water partition coefficient (Wildman–Crippen LogP) is 4.70. The van der Waals surface area contributed by atoms with Crippen LogP contribution in [0.2, 0.25) is 0 Å². The molecule has 4 nitrogen and oxygen atoms in total. The number of primary amides is 1. The van der Waals surface area contributed by atoms with Gasteiger partial charge < -0.3 is 14.9 Å². The van der Waals surface area contributed by atoms with E-state index in [4.69, 9.17) is 10.5 Å². The molecule has 0 atom stereocenters. The molecule has 0 bridgehead atoms. The Labute approximate surface area is 176 Å². The molecular formula is C26H26N2O2. The van der Waals surface area contributed by atoms with E-state index < -0.39 is 0 Å². The molecule has 0 radical (unpaired) electrons. The van der Waals surface area contributed by atoms with Gasteiger partial charge in [0.15, 0.2) is 0 Å². The van der Waals surface area contributed by atoms with Crippen molar-refractivity contribution in [2.24, 2.45) is 5.73 Å². The molecule has 2 heterocycles. The smallest absolute Gasteiger partial charge is 0.221 e. The highest BCUT2D eigenvalue weighted by molar-refractivity contribution is 5.83. The molecule has 0 saturated heterocycles. The Hall–Kier alpha value is -3.53. The van der Waals surface area contributed by atoms with Crippen LogP contribution in [0.15, 0.2) is 79.0 Å². The van der Waals surface area contributed by atoms with Crippen molar-refractivity contribution >= 4 is 11.4 Å². The zero-order chi connectivity index (χ0) is 20.9. The van der Waals surface area contributed by atoms with Gasteiger partial charge in [0.05, 0.1) is 11.9 Å². The number of hydrogen-bond acceptors (Lipinski definition) is 2. The van der Waals surface area contributed by atoms with Crippen molar-refractivity contribution in [1.82, 2.24) is 4.40 Å². The highest BCUT2D eigenvalue weighted by atomic mass is 16.5. The summed E-state index contributed by atoms with van der Waals surface area (Å²) in [6.07, 6.45) is 3.86. The fraction of sp³-hybridized carbons (Fsp3) is 0.192. The van der Waals surface area contributed by atoms with Gasteiger partial charge in [-0.3, -0.25) is 4.79 Å². The Morgan fingerprint density at radius 1 is 0.900 bits per heavy atom. The van der Waals surface area contributed by atoms with Crippen LogP contribution in [0.1, 0.15) is 34.9 Å². The van der Waals surface area contributed by atoms with E-state index in [-0.39, 0.29) is 12.3 Å². The third kappa shape index (κ3) is 4.08. The molecule has 2 aromatic heterocycles. The molecular weight excluding hydrogens is 372 g/mol. The summed E-state index contributed by atoms with van der Waals surface area (Å²) in [7, 11) is 0. The van der Waals surface area contributed by atoms with Gasteiger partial charge in [-0.25, -0.2) is 0 Å². The van der Waals surface area contributed by atoms with Crippen LogP contribution in [0.3, 0.4) is 0 Å². The SMILES string of the molecule is CCc1c(CC(N)=O)c2c(OCc3ccccc3)cccn2c1Cc1ccccc1. The first kappa shape index (κ1) is 19.8. The third-order valence-electron chi connectivity index (χ3n) is 5.40. The van der Waals surface area contributed by atoms with Crippen molar-refractivity contribution < 1.29 is 9.53 Å². The molecule has 4 rings (SSSR count). The minimum absolute atomic E-state index is 0.202. The lowest BCUT2D eigenvalue weighted by molar-refractivity contribution is -0.117. The number of pyridine rings is 1. The van der Waals surface area contributed by atoms with E-state index in [0.717, 1.165) is 35.2 Å². The van der Waals surface area contributed by atoms with E-state index in [1.54, 1.807) is 0 Å². The lowest BCUT2D eigenvalue weighted by Gasteiger charge is -2.11. The number of ether oxygens (including phenoxy) is 1. The van der Waals surface area contributed by atoms with E-state index >= 15 is 0 Å². The first-order chi connectivity index (χ1) is 14.7. The molecule has 0 unspecified atom stereocenters. The molecule has 152 valence electrons. The minimum atomic E-state index is -0.332. The summed E-state index contributed by atoms with van der Waals surface area (Å²) < 4.78 is 8.39. The quantitative estimate of drug-likeness (QED) is 0.468. The van der Waals surface area contributed by atoms with Gasteiger partial charge in [-0.2, -0.15) is 0 Å². The van der Waals surface area contributed by atoms with E-state index in [1.807, 2.05) is 54.7 Å². The molecule has 0 spiro atoms. The maximum absolute atomic E-state index is 11.9. The topological polar surface area (TPSA) is 56.7 Å². The summed E-state index contributed by atoms with van der Waals surface area (Å²) >= 11 is 0. The maximum Gasteiger partial charge on any atom is 0.221 e. The number of carbonyl (C=O) groups is 1. The Balaban J connectivity index is 1.82. The summed E-state index contributed by atoms with van der Waals surface area (Å²) in [5.41, 5.74) is 12.2. The van der Waals surface area contributed by atoms with E-state index in [1.165, 1.54) is 16.8 Å². The molecule has 0 aliphatic heterocycles. The number of aromatic nitrogens is 1. The molecule has 0 aliphatic carbocycles. The van der Waals surface area contributed by atoms with Crippen LogP contribution >= 0.6 is 0 Å². The van der Waals surface area contributed by atoms with Gasteiger partial charge in [-0.15, -0.1) is 0 Å². The zero-order valence-corrected chi connectivity index (χ0v) is 17.2. The van der Waals surface area contributed by atoms with Crippen LogP contribution in [0, 0.1) is 0 Å². The fourth-order valence-corrected chi connectivity index (χ4v) is 4.09. The third-order valence-corrected chi connectivity index (χ3v) is 5.40. The number of amides is 1. The molecule has 4 aromatic rings. The molecule has 4 heteroatoms. The van der Waals surface area contributed by atoms with Gasteiger partial charge in [0.25, 0.3) is 0 Å². The lowest BCUT2D eigenvalue weighted by atomic mass is 10.00. The van der Waals surface area contributed by atoms with Gasteiger partial charge in [-0.05, 0) is 40.8 Å². The summed E-state index contributed by atoms with van der Waals surface area (Å²) in [5.74, 6) is 0.438. The van der Waals surface area contributed by atoms with Crippen LogP contribution in [0.25, 0.3) is 5.52 Å². The van der Waals surface area contributed by atoms with Crippen LogP contribution in [-0.2, 0) is 30.7 Å². The number of rotatable bonds is 8. The largest absolute Gasteiger partial charge is 0.487 e. The number of hydrogen-bond donors (Lipinski definition) is 1. The van der Waals surface area contributed by atoms with Crippen molar-refractivity contribution in [3.8, 4) is 5.75 Å². The van der Waals surface area contributed by atoms with Crippen molar-refractivity contribution in [3.05, 3.63) is 107 Å². The summed E-state index contributed by atoms with van der Waals surface area (Å²) in [6, 6.07) is 24.4. The summed E-state index contributed by atoms with van der Waals surface area (Å²) in [4.78, 5) is 11.9. The summed E-state index contributed by atoms with van der Waals surface area (Å²) in [5, 5.41) is 0. The maximum atomic E-state index is 11.9. The average molecular weight is 399 g/mol. The number of benzene rings is 2. The zero-order valence-electron chi connectivity index (χ0n) is 17.2. The first-order valence-corrected chi connectivity index (χ1v) is 10.3. The highest BCUT2D eigenvalue weighted by Crippen LogP contribution is 2.33. The van der Waals surface area contributed by atoms with Gasteiger partial charge in [-0.1, -0.05) is 67.6 Å². The Kier molecular flexibility index (Phi) is 5.84. The minimum Gasteiger partial charge on any atom is -0.487 e. The fourth-order valence-electron chi connectivity index (χ4n) is 4.09. The van der Waals surface area contributed by atoms with Crippen LogP contribution in [-0.4, -0.2) is 10.3 Å². The van der Waals surface area contributed by atoms with Gasteiger partial charge in [0.1, 0.15) is 12.4 Å². The Bertz CT molecular complexity index is 1150. The van der Waals surface area contributed by atoms with Crippen LogP contribution < -0.4 is 10.5 Å². The van der Waals surface area contributed by atoms with Crippen molar-refractivity contribution in [2.75, 3.05) is 0 Å². The molecule has 30 heavy (non-hydrogen) atoms. The normalized spacial score (nSPS) is 11.0. The average Bonchev–Trinajstić information content (AvgIpc) is 3.06. The number of nitrogens with zero attached hydrogens (tertiary/aromatic N) is 1. The van der Waals surface area contributed by atoms with Crippen molar-refractivity contribution in [2.45, 2.75) is 32.8 Å². The van der Waals surface area contributed by atoms with Crippen LogP contribution in [0.5, 0.6) is 5.75 Å². The standard InChI is InChI=1S/C26H26N2O2/c1-2-21-22(17-25(27)29)26-24(30-18-20-12-7-4-8-13-20)14-9-15-28(26)23(21)16-19-10-5-3-6-11-19/h3-15H,2,16-18H2,1H3,(H2,27,29). The first-order valence-electron chi connectivity index (χ1n) is 10.3. The molecule has 0 fully saturated rings. The molecule has 2 aromatic carbocycles. The van der Waals surface area contributed by atoms with Gasteiger partial charge in [0, 0.05) is 18.3 Å². The number of nitrogens with two attached hydrogens (primary N) is 1. The van der Waals surface area contributed by atoms with E-state index in [0.29, 0.717) is 6.61 Å². The molecule has 2 N–H and O–H groups in total. The second-order valence-electron chi connectivity index (χ2n) is 7.43. The number of fused-ring (bicyclic) bond motifs is 1. The second-order valence-corrected chi connectivity index (χ2v) is 7.43. The predicted molar refractivity (Wildman–Crippen MR) is 120 cm³/mol. The second kappa shape index (κ2) is 8.87. The Morgan fingerprint density at radius 2 is 1.57 bits per heavy atom. The van der Waals surface area contributed by atoms with Gasteiger partial charge >= 0.3 is 0 Å². The monoisotopic (exact) mass is 398 g/mol. The summed E-state index contributed by atoms with van der Waals surface area (Å²) in [6.45, 7) is 2.59. The molecule has 1 amide bonds. The van der Waals surface area contributed by atoms with Crippen LogP contribution in [0.4, 0.5) is 0 Å². The molecule has 0 saturated carbocycles. The Morgan fingerprint density at radius 3 is 2.20 bits per heavy atom. The van der Waals surface area contributed by atoms with E-state index in [9.17, 15) is 4.79 Å². The van der Waals surface area contributed by atoms with E-state index in [2.05, 4.69) is 35.6 Å². The molecule has 0 aliphatic rings. The van der Waals surface area contributed by atoms with Crippen molar-refractivity contribution in [3.63, 3.8) is 0 Å². The highest BCUT2D eigenvalue weighted by Gasteiger charge is 2.21.